The number of hydrogen-bond acceptors (Lipinski definition) is 3. The molecule has 3 nitrogen and oxygen atoms in total. The molecule has 4 rings (SSSR count). The van der Waals surface area contributed by atoms with Gasteiger partial charge in [0.15, 0.2) is 5.60 Å². The molecule has 0 amide bonds. The fraction of sp³-hybridized carbons (Fsp3) is 0.562. The van der Waals surface area contributed by atoms with Crippen molar-refractivity contribution in [2.75, 3.05) is 7.05 Å². The number of benzene rings is 1. The summed E-state index contributed by atoms with van der Waals surface area (Å²) in [5.41, 5.74) is 2.33. The SMILES string of the molecule is CC1C2C(c3ccccc3)=NOC23CCCC3N1C. The Morgan fingerprint density at radius 2 is 2.11 bits per heavy atom. The Balaban J connectivity index is 1.78. The Bertz CT molecular complexity index is 527. The lowest BCUT2D eigenvalue weighted by Gasteiger charge is -2.27. The fourth-order valence-electron chi connectivity index (χ4n) is 4.48. The van der Waals surface area contributed by atoms with Crippen LogP contribution >= 0.6 is 0 Å². The van der Waals surface area contributed by atoms with Gasteiger partial charge in [0.25, 0.3) is 0 Å². The van der Waals surface area contributed by atoms with Gasteiger partial charge in [-0.25, -0.2) is 0 Å². The summed E-state index contributed by atoms with van der Waals surface area (Å²) < 4.78 is 0. The molecule has 0 bridgehead atoms. The molecule has 4 unspecified atom stereocenters. The van der Waals surface area contributed by atoms with Crippen molar-refractivity contribution in [2.24, 2.45) is 11.1 Å². The van der Waals surface area contributed by atoms with Crippen LogP contribution in [0.25, 0.3) is 0 Å². The van der Waals surface area contributed by atoms with Crippen LogP contribution in [0, 0.1) is 5.92 Å². The standard InChI is InChI=1S/C16H20N2O/c1-11-14-15(12-7-4-3-5-8-12)17-19-16(14)10-6-9-13(16)18(11)2/h3-5,7-8,11,13-14H,6,9-10H2,1-2H3. The minimum Gasteiger partial charge on any atom is -0.386 e. The highest BCUT2D eigenvalue weighted by molar-refractivity contribution is 6.04. The van der Waals surface area contributed by atoms with E-state index in [1.165, 1.54) is 18.4 Å². The molecule has 1 saturated carbocycles. The van der Waals surface area contributed by atoms with Gasteiger partial charge in [-0.1, -0.05) is 35.5 Å². The monoisotopic (exact) mass is 256 g/mol. The molecule has 100 valence electrons. The third kappa shape index (κ3) is 1.34. The molecule has 0 radical (unpaired) electrons. The van der Waals surface area contributed by atoms with E-state index in [0.717, 1.165) is 12.1 Å². The van der Waals surface area contributed by atoms with Gasteiger partial charge in [0.2, 0.25) is 0 Å². The first-order valence-corrected chi connectivity index (χ1v) is 7.27. The lowest BCUT2D eigenvalue weighted by molar-refractivity contribution is -0.0426. The van der Waals surface area contributed by atoms with E-state index < -0.39 is 0 Å². The van der Waals surface area contributed by atoms with Gasteiger partial charge in [0.1, 0.15) is 0 Å². The normalized spacial score (nSPS) is 40.7. The predicted octanol–water partition coefficient (Wildman–Crippen LogP) is 2.66. The van der Waals surface area contributed by atoms with Crippen molar-refractivity contribution in [1.82, 2.24) is 4.90 Å². The highest BCUT2D eigenvalue weighted by atomic mass is 16.7. The van der Waals surface area contributed by atoms with Crippen LogP contribution in [0.4, 0.5) is 0 Å². The summed E-state index contributed by atoms with van der Waals surface area (Å²) in [4.78, 5) is 8.55. The molecule has 0 aromatic heterocycles. The number of nitrogens with zero attached hydrogens (tertiary/aromatic N) is 2. The summed E-state index contributed by atoms with van der Waals surface area (Å²) in [6.07, 6.45) is 3.65. The van der Waals surface area contributed by atoms with Crippen LogP contribution in [0.15, 0.2) is 35.5 Å². The van der Waals surface area contributed by atoms with Gasteiger partial charge in [-0.05, 0) is 38.8 Å². The number of hydrogen-bond donors (Lipinski definition) is 0. The Morgan fingerprint density at radius 1 is 1.32 bits per heavy atom. The molecular weight excluding hydrogens is 236 g/mol. The van der Waals surface area contributed by atoms with Crippen molar-refractivity contribution in [3.63, 3.8) is 0 Å². The van der Waals surface area contributed by atoms with Crippen LogP contribution < -0.4 is 0 Å². The Morgan fingerprint density at radius 3 is 2.89 bits per heavy atom. The van der Waals surface area contributed by atoms with Crippen LogP contribution in [0.3, 0.4) is 0 Å². The molecular formula is C16H20N2O. The molecule has 2 heterocycles. The van der Waals surface area contributed by atoms with Crippen molar-refractivity contribution < 1.29 is 4.84 Å². The largest absolute Gasteiger partial charge is 0.386 e. The molecule has 3 aliphatic rings. The molecule has 1 aromatic rings. The third-order valence-electron chi connectivity index (χ3n) is 5.43. The van der Waals surface area contributed by atoms with E-state index in [2.05, 4.69) is 54.4 Å². The molecule has 1 saturated heterocycles. The second-order valence-electron chi connectivity index (χ2n) is 6.18. The van der Waals surface area contributed by atoms with E-state index in [9.17, 15) is 0 Å². The van der Waals surface area contributed by atoms with Gasteiger partial charge in [-0.3, -0.25) is 4.90 Å². The highest BCUT2D eigenvalue weighted by Gasteiger charge is 2.65. The Kier molecular flexibility index (Phi) is 2.31. The molecule has 1 spiro atoms. The van der Waals surface area contributed by atoms with Crippen LogP contribution in [-0.4, -0.2) is 35.3 Å². The summed E-state index contributed by atoms with van der Waals surface area (Å²) in [6, 6.07) is 11.6. The van der Waals surface area contributed by atoms with Gasteiger partial charge in [0.05, 0.1) is 17.7 Å². The fourth-order valence-corrected chi connectivity index (χ4v) is 4.48. The van der Waals surface area contributed by atoms with E-state index in [1.807, 2.05) is 0 Å². The third-order valence-corrected chi connectivity index (χ3v) is 5.43. The maximum absolute atomic E-state index is 6.04. The van der Waals surface area contributed by atoms with Crippen LogP contribution in [0.5, 0.6) is 0 Å². The topological polar surface area (TPSA) is 24.8 Å². The smallest absolute Gasteiger partial charge is 0.163 e. The Hall–Kier alpha value is -1.35. The first-order chi connectivity index (χ1) is 9.24. The molecule has 0 N–H and O–H groups in total. The number of likely N-dealkylation sites (tertiary alicyclic amines) is 1. The maximum atomic E-state index is 6.04. The van der Waals surface area contributed by atoms with E-state index in [0.29, 0.717) is 18.0 Å². The zero-order valence-electron chi connectivity index (χ0n) is 11.5. The zero-order valence-corrected chi connectivity index (χ0v) is 11.5. The minimum absolute atomic E-state index is 0.0423. The number of likely N-dealkylation sites (N-methyl/N-ethyl adjacent to an activating group) is 1. The van der Waals surface area contributed by atoms with E-state index in [1.54, 1.807) is 0 Å². The van der Waals surface area contributed by atoms with E-state index in [-0.39, 0.29) is 5.60 Å². The van der Waals surface area contributed by atoms with Crippen molar-refractivity contribution in [1.29, 1.82) is 0 Å². The first kappa shape index (κ1) is 11.5. The van der Waals surface area contributed by atoms with Gasteiger partial charge < -0.3 is 4.84 Å². The zero-order chi connectivity index (χ0) is 13.0. The summed E-state index contributed by atoms with van der Waals surface area (Å²) in [5, 5.41) is 4.50. The van der Waals surface area contributed by atoms with Crippen molar-refractivity contribution >= 4 is 5.71 Å². The molecule has 4 atom stereocenters. The maximum Gasteiger partial charge on any atom is 0.163 e. The second kappa shape index (κ2) is 3.83. The van der Waals surface area contributed by atoms with Crippen LogP contribution in [-0.2, 0) is 4.84 Å². The summed E-state index contributed by atoms with van der Waals surface area (Å²) in [5.74, 6) is 0.424. The lowest BCUT2D eigenvalue weighted by Crippen LogP contribution is -2.42. The second-order valence-corrected chi connectivity index (χ2v) is 6.18. The van der Waals surface area contributed by atoms with Gasteiger partial charge in [-0.15, -0.1) is 0 Å². The average molecular weight is 256 g/mol. The average Bonchev–Trinajstić information content (AvgIpc) is 3.07. The molecule has 3 heteroatoms. The molecule has 2 fully saturated rings. The van der Waals surface area contributed by atoms with Crippen LogP contribution in [0.2, 0.25) is 0 Å². The Labute approximate surface area is 114 Å². The van der Waals surface area contributed by atoms with Gasteiger partial charge in [-0.2, -0.15) is 0 Å². The predicted molar refractivity (Wildman–Crippen MR) is 75.1 cm³/mol. The first-order valence-electron chi connectivity index (χ1n) is 7.27. The minimum atomic E-state index is -0.0423. The number of rotatable bonds is 1. The quantitative estimate of drug-likeness (QED) is 0.771. The molecule has 2 aliphatic heterocycles. The summed E-state index contributed by atoms with van der Waals surface area (Å²) >= 11 is 0. The van der Waals surface area contributed by atoms with E-state index in [4.69, 9.17) is 4.84 Å². The molecule has 1 aliphatic carbocycles. The highest BCUT2D eigenvalue weighted by Crippen LogP contribution is 2.53. The molecule has 19 heavy (non-hydrogen) atoms. The van der Waals surface area contributed by atoms with Crippen LogP contribution in [0.1, 0.15) is 31.7 Å². The molecule has 1 aromatic carbocycles. The number of oxime groups is 1. The van der Waals surface area contributed by atoms with Gasteiger partial charge in [0, 0.05) is 6.04 Å². The lowest BCUT2D eigenvalue weighted by atomic mass is 9.79. The van der Waals surface area contributed by atoms with Gasteiger partial charge >= 0.3 is 0 Å². The van der Waals surface area contributed by atoms with Crippen molar-refractivity contribution in [3.8, 4) is 0 Å². The summed E-state index contributed by atoms with van der Waals surface area (Å²) in [7, 11) is 2.24. The van der Waals surface area contributed by atoms with E-state index >= 15 is 0 Å². The van der Waals surface area contributed by atoms with Crippen molar-refractivity contribution in [2.45, 2.75) is 43.9 Å². The van der Waals surface area contributed by atoms with Crippen molar-refractivity contribution in [3.05, 3.63) is 35.9 Å². The summed E-state index contributed by atoms with van der Waals surface area (Å²) in [6.45, 7) is 2.32.